The number of thiophene rings is 1. The number of nitrogens with one attached hydrogen (secondary N) is 2. The van der Waals surface area contributed by atoms with Gasteiger partial charge in [-0.15, -0.1) is 11.3 Å². The molecule has 2 amide bonds. The molecule has 7 heteroatoms. The molecule has 0 bridgehead atoms. The number of quaternary nitrogens is 1. The molecule has 0 spiro atoms. The maximum Gasteiger partial charge on any atom is 0.282 e. The highest BCUT2D eigenvalue weighted by Gasteiger charge is 2.25. The summed E-state index contributed by atoms with van der Waals surface area (Å²) in [7, 11) is 0. The number of benzene rings is 1. The molecule has 0 saturated heterocycles. The molecule has 1 unspecified atom stereocenters. The van der Waals surface area contributed by atoms with Crippen LogP contribution in [0.3, 0.4) is 0 Å². The summed E-state index contributed by atoms with van der Waals surface area (Å²) >= 11 is 7.50. The van der Waals surface area contributed by atoms with E-state index in [0.717, 1.165) is 14.1 Å². The zero-order valence-electron chi connectivity index (χ0n) is 13.9. The predicted molar refractivity (Wildman–Crippen MR) is 102 cm³/mol. The van der Waals surface area contributed by atoms with Crippen molar-refractivity contribution >= 4 is 40.4 Å². The van der Waals surface area contributed by atoms with Gasteiger partial charge in [-0.3, -0.25) is 9.59 Å². The first-order valence-electron chi connectivity index (χ1n) is 7.81. The molecule has 2 rings (SSSR count). The van der Waals surface area contributed by atoms with Gasteiger partial charge in [0.1, 0.15) is 6.54 Å². The first-order chi connectivity index (χ1) is 11.9. The molecule has 0 aliphatic heterocycles. The lowest BCUT2D eigenvalue weighted by molar-refractivity contribution is -0.921. The zero-order chi connectivity index (χ0) is 18.4. The van der Waals surface area contributed by atoms with Gasteiger partial charge in [0.2, 0.25) is 5.91 Å². The Bertz CT molecular complexity index is 758. The summed E-state index contributed by atoms with van der Waals surface area (Å²) in [4.78, 5) is 25.8. The van der Waals surface area contributed by atoms with Gasteiger partial charge in [-0.05, 0) is 49.4 Å². The fourth-order valence-corrected chi connectivity index (χ4v) is 3.55. The van der Waals surface area contributed by atoms with Gasteiger partial charge in [0, 0.05) is 11.3 Å². The molecule has 4 N–H and O–H groups in total. The Morgan fingerprint density at radius 2 is 2.00 bits per heavy atom. The van der Waals surface area contributed by atoms with E-state index < -0.39 is 5.91 Å². The summed E-state index contributed by atoms with van der Waals surface area (Å²) in [5, 5.41) is 2.87. The van der Waals surface area contributed by atoms with Crippen LogP contribution in [0.4, 0.5) is 5.69 Å². The van der Waals surface area contributed by atoms with E-state index in [1.165, 1.54) is 11.3 Å². The van der Waals surface area contributed by atoms with Crippen LogP contribution in [-0.2, 0) is 11.3 Å². The fourth-order valence-electron chi connectivity index (χ4n) is 2.41. The molecule has 132 valence electrons. The lowest BCUT2D eigenvalue weighted by atomic mass is 10.2. The second kappa shape index (κ2) is 8.80. The zero-order valence-corrected chi connectivity index (χ0v) is 15.5. The first-order valence-corrected chi connectivity index (χ1v) is 9.00. The summed E-state index contributed by atoms with van der Waals surface area (Å²) in [6.45, 7) is 7.01. The maximum absolute atomic E-state index is 12.6. The van der Waals surface area contributed by atoms with Crippen LogP contribution < -0.4 is 16.0 Å². The molecule has 1 heterocycles. The minimum absolute atomic E-state index is 0.105. The molecule has 2 aromatic rings. The SMILES string of the molecule is C=CC[NH+](Cc1ccc(Cl)s1)[C@H](C)C(=O)Nc1ccc(C(N)=O)cc1. The van der Waals surface area contributed by atoms with Gasteiger partial charge in [0.15, 0.2) is 6.04 Å². The number of carbonyl (C=O) groups is 2. The molecule has 0 fully saturated rings. The lowest BCUT2D eigenvalue weighted by Crippen LogP contribution is -3.15. The van der Waals surface area contributed by atoms with Gasteiger partial charge in [0.05, 0.1) is 15.8 Å². The molecule has 0 saturated carbocycles. The Kier molecular flexibility index (Phi) is 6.75. The highest BCUT2D eigenvalue weighted by molar-refractivity contribution is 7.16. The number of primary amides is 1. The Hall–Kier alpha value is -2.15. The van der Waals surface area contributed by atoms with E-state index in [-0.39, 0.29) is 11.9 Å². The highest BCUT2D eigenvalue weighted by Crippen LogP contribution is 2.20. The van der Waals surface area contributed by atoms with E-state index in [1.54, 1.807) is 30.3 Å². The quantitative estimate of drug-likeness (QED) is 0.615. The van der Waals surface area contributed by atoms with Crippen molar-refractivity contribution in [3.63, 3.8) is 0 Å². The van der Waals surface area contributed by atoms with Crippen LogP contribution in [0, 0.1) is 0 Å². The van der Waals surface area contributed by atoms with Gasteiger partial charge < -0.3 is 16.0 Å². The van der Waals surface area contributed by atoms with Crippen molar-refractivity contribution in [1.29, 1.82) is 0 Å². The third-order valence-corrected chi connectivity index (χ3v) is 5.11. The van der Waals surface area contributed by atoms with Crippen molar-refractivity contribution in [3.05, 3.63) is 63.8 Å². The van der Waals surface area contributed by atoms with Crippen LogP contribution in [0.25, 0.3) is 0 Å². The topological polar surface area (TPSA) is 76.6 Å². The normalized spacial score (nSPS) is 13.0. The standard InChI is InChI=1S/C18H20ClN3O2S/c1-3-10-22(11-15-8-9-16(19)25-15)12(2)18(24)21-14-6-4-13(5-7-14)17(20)23/h3-9,12H,1,10-11H2,2H3,(H2,20,23)(H,21,24)/p+1/t12-/m1/s1. The number of nitrogens with two attached hydrogens (primary N) is 1. The number of anilines is 1. The van der Waals surface area contributed by atoms with E-state index >= 15 is 0 Å². The van der Waals surface area contributed by atoms with Crippen molar-refractivity contribution in [1.82, 2.24) is 0 Å². The lowest BCUT2D eigenvalue weighted by Gasteiger charge is -2.23. The van der Waals surface area contributed by atoms with Crippen molar-refractivity contribution in [2.75, 3.05) is 11.9 Å². The number of halogens is 1. The van der Waals surface area contributed by atoms with Gasteiger partial charge in [-0.25, -0.2) is 0 Å². The summed E-state index contributed by atoms with van der Waals surface area (Å²) in [6, 6.07) is 10.1. The molecule has 1 aromatic heterocycles. The molecular weight excluding hydrogens is 358 g/mol. The summed E-state index contributed by atoms with van der Waals surface area (Å²) in [5.41, 5.74) is 6.24. The smallest absolute Gasteiger partial charge is 0.282 e. The van der Waals surface area contributed by atoms with Crippen LogP contribution in [0.2, 0.25) is 4.34 Å². The van der Waals surface area contributed by atoms with Crippen molar-refractivity contribution in [2.24, 2.45) is 5.73 Å². The van der Waals surface area contributed by atoms with Crippen molar-refractivity contribution in [2.45, 2.75) is 19.5 Å². The Labute approximate surface area is 156 Å². The fraction of sp³-hybridized carbons (Fsp3) is 0.222. The highest BCUT2D eigenvalue weighted by atomic mass is 35.5. The first kappa shape index (κ1) is 19.2. The number of rotatable bonds is 8. The van der Waals surface area contributed by atoms with Crippen LogP contribution in [0.5, 0.6) is 0 Å². The molecule has 0 aliphatic carbocycles. The van der Waals surface area contributed by atoms with Crippen molar-refractivity contribution in [3.8, 4) is 0 Å². The second-order valence-corrected chi connectivity index (χ2v) is 7.49. The molecule has 2 atom stereocenters. The largest absolute Gasteiger partial charge is 0.366 e. The minimum atomic E-state index is -0.498. The van der Waals surface area contributed by atoms with E-state index in [0.29, 0.717) is 24.3 Å². The van der Waals surface area contributed by atoms with Crippen LogP contribution >= 0.6 is 22.9 Å². The Balaban J connectivity index is 2.04. The van der Waals surface area contributed by atoms with Crippen LogP contribution in [0.1, 0.15) is 22.2 Å². The van der Waals surface area contributed by atoms with Crippen LogP contribution in [-0.4, -0.2) is 24.4 Å². The summed E-state index contributed by atoms with van der Waals surface area (Å²) < 4.78 is 0.736. The Morgan fingerprint density at radius 3 is 2.52 bits per heavy atom. The van der Waals surface area contributed by atoms with Gasteiger partial charge in [-0.1, -0.05) is 18.2 Å². The third kappa shape index (κ3) is 5.42. The average Bonchev–Trinajstić information content (AvgIpc) is 2.99. The summed E-state index contributed by atoms with van der Waals surface area (Å²) in [5.74, 6) is -0.603. The number of amides is 2. The summed E-state index contributed by atoms with van der Waals surface area (Å²) in [6.07, 6.45) is 1.80. The number of hydrogen-bond acceptors (Lipinski definition) is 3. The number of hydrogen-bond donors (Lipinski definition) is 3. The second-order valence-electron chi connectivity index (χ2n) is 5.69. The van der Waals surface area contributed by atoms with Crippen molar-refractivity contribution < 1.29 is 14.5 Å². The van der Waals surface area contributed by atoms with Gasteiger partial charge in [0.25, 0.3) is 5.91 Å². The Morgan fingerprint density at radius 1 is 1.32 bits per heavy atom. The van der Waals surface area contributed by atoms with Gasteiger partial charge >= 0.3 is 0 Å². The molecule has 5 nitrogen and oxygen atoms in total. The molecule has 1 aromatic carbocycles. The minimum Gasteiger partial charge on any atom is -0.366 e. The van der Waals surface area contributed by atoms with E-state index in [2.05, 4.69) is 11.9 Å². The predicted octanol–water partition coefficient (Wildman–Crippen LogP) is 2.10. The molecule has 0 aliphatic rings. The third-order valence-electron chi connectivity index (χ3n) is 3.88. The van der Waals surface area contributed by atoms with E-state index in [4.69, 9.17) is 17.3 Å². The van der Waals surface area contributed by atoms with Crippen LogP contribution in [0.15, 0.2) is 49.1 Å². The monoisotopic (exact) mass is 378 g/mol. The van der Waals surface area contributed by atoms with E-state index in [1.807, 2.05) is 19.1 Å². The van der Waals surface area contributed by atoms with E-state index in [9.17, 15) is 9.59 Å². The molecule has 0 radical (unpaired) electrons. The average molecular weight is 379 g/mol. The molecular formula is C18H21ClN3O2S+. The maximum atomic E-state index is 12.6. The molecule has 25 heavy (non-hydrogen) atoms. The number of carbonyl (C=O) groups excluding carboxylic acids is 2. The van der Waals surface area contributed by atoms with Gasteiger partial charge in [-0.2, -0.15) is 0 Å².